The summed E-state index contributed by atoms with van der Waals surface area (Å²) in [4.78, 5) is 26.3. The van der Waals surface area contributed by atoms with Crippen molar-refractivity contribution >= 4 is 11.8 Å². The zero-order valence-corrected chi connectivity index (χ0v) is 13.8. The first-order chi connectivity index (χ1) is 10.4. The van der Waals surface area contributed by atoms with E-state index in [0.29, 0.717) is 6.54 Å². The molecular formula is C18H26N2O2. The van der Waals surface area contributed by atoms with Crippen molar-refractivity contribution in [1.82, 2.24) is 10.2 Å². The number of hydrogen-bond donors (Lipinski definition) is 1. The predicted molar refractivity (Wildman–Crippen MR) is 87.3 cm³/mol. The quantitative estimate of drug-likeness (QED) is 0.930. The summed E-state index contributed by atoms with van der Waals surface area (Å²) in [6.07, 6.45) is 4.59. The molecule has 1 fully saturated rings. The summed E-state index contributed by atoms with van der Waals surface area (Å²) >= 11 is 0. The first kappa shape index (κ1) is 16.5. The van der Waals surface area contributed by atoms with Gasteiger partial charge in [-0.1, -0.05) is 43.5 Å². The van der Waals surface area contributed by atoms with Crippen LogP contribution in [0.1, 0.15) is 50.2 Å². The van der Waals surface area contributed by atoms with Crippen molar-refractivity contribution in [3.63, 3.8) is 0 Å². The number of benzene rings is 1. The molecular weight excluding hydrogens is 276 g/mol. The summed E-state index contributed by atoms with van der Waals surface area (Å²) in [5.74, 6) is -0.0924. The van der Waals surface area contributed by atoms with Crippen molar-refractivity contribution in [2.24, 2.45) is 0 Å². The van der Waals surface area contributed by atoms with E-state index in [0.717, 1.165) is 37.7 Å². The van der Waals surface area contributed by atoms with Gasteiger partial charge in [-0.05, 0) is 30.9 Å². The van der Waals surface area contributed by atoms with E-state index in [1.807, 2.05) is 25.2 Å². The van der Waals surface area contributed by atoms with Gasteiger partial charge in [-0.2, -0.15) is 0 Å². The summed E-state index contributed by atoms with van der Waals surface area (Å²) in [6, 6.07) is 8.09. The third-order valence-electron chi connectivity index (χ3n) is 4.55. The number of hydrogen-bond acceptors (Lipinski definition) is 2. The van der Waals surface area contributed by atoms with Crippen molar-refractivity contribution in [2.75, 3.05) is 7.05 Å². The van der Waals surface area contributed by atoms with Crippen molar-refractivity contribution in [3.05, 3.63) is 35.4 Å². The first-order valence-electron chi connectivity index (χ1n) is 8.03. The Kier molecular flexibility index (Phi) is 5.22. The van der Waals surface area contributed by atoms with E-state index in [2.05, 4.69) is 18.3 Å². The topological polar surface area (TPSA) is 49.4 Å². The van der Waals surface area contributed by atoms with Gasteiger partial charge in [0, 0.05) is 20.5 Å². The van der Waals surface area contributed by atoms with Crippen LogP contribution in [0, 0.1) is 6.92 Å². The monoisotopic (exact) mass is 302 g/mol. The summed E-state index contributed by atoms with van der Waals surface area (Å²) in [5.41, 5.74) is 1.62. The van der Waals surface area contributed by atoms with Gasteiger partial charge >= 0.3 is 0 Å². The van der Waals surface area contributed by atoms with Crippen LogP contribution in [0.25, 0.3) is 0 Å². The minimum Gasteiger partial charge on any atom is -0.342 e. The van der Waals surface area contributed by atoms with Gasteiger partial charge in [0.2, 0.25) is 11.8 Å². The first-order valence-corrected chi connectivity index (χ1v) is 8.03. The number of carbonyl (C=O) groups excluding carboxylic acids is 2. The Morgan fingerprint density at radius 2 is 1.82 bits per heavy atom. The minimum absolute atomic E-state index is 0.0330. The molecule has 1 aromatic carbocycles. The molecule has 0 heterocycles. The van der Waals surface area contributed by atoms with Crippen LogP contribution >= 0.6 is 0 Å². The van der Waals surface area contributed by atoms with Gasteiger partial charge in [0.1, 0.15) is 5.54 Å². The molecule has 4 heteroatoms. The molecule has 1 aliphatic carbocycles. The van der Waals surface area contributed by atoms with Gasteiger partial charge in [-0.3, -0.25) is 9.59 Å². The van der Waals surface area contributed by atoms with Crippen LogP contribution in [0.15, 0.2) is 24.3 Å². The van der Waals surface area contributed by atoms with Crippen molar-refractivity contribution in [3.8, 4) is 0 Å². The van der Waals surface area contributed by atoms with E-state index in [1.165, 1.54) is 12.5 Å². The Morgan fingerprint density at radius 1 is 1.18 bits per heavy atom. The average Bonchev–Trinajstić information content (AvgIpc) is 2.49. The van der Waals surface area contributed by atoms with E-state index in [-0.39, 0.29) is 11.8 Å². The molecule has 2 amide bonds. The highest BCUT2D eigenvalue weighted by Gasteiger charge is 2.41. The Morgan fingerprint density at radius 3 is 2.41 bits per heavy atom. The lowest BCUT2D eigenvalue weighted by Gasteiger charge is -2.39. The molecule has 4 nitrogen and oxygen atoms in total. The summed E-state index contributed by atoms with van der Waals surface area (Å²) in [5, 5.41) is 2.95. The second-order valence-electron chi connectivity index (χ2n) is 6.41. The van der Waals surface area contributed by atoms with Gasteiger partial charge in [0.15, 0.2) is 0 Å². The number of nitrogens with zero attached hydrogens (tertiary/aromatic N) is 1. The average molecular weight is 302 g/mol. The maximum atomic E-state index is 13.0. The molecule has 0 atom stereocenters. The van der Waals surface area contributed by atoms with Gasteiger partial charge in [0.05, 0.1) is 0 Å². The normalized spacial score (nSPS) is 16.9. The fourth-order valence-corrected chi connectivity index (χ4v) is 3.36. The molecule has 1 aromatic rings. The lowest BCUT2D eigenvalue weighted by molar-refractivity contribution is -0.142. The van der Waals surface area contributed by atoms with Crippen LogP contribution < -0.4 is 5.32 Å². The highest BCUT2D eigenvalue weighted by molar-refractivity contribution is 5.91. The highest BCUT2D eigenvalue weighted by atomic mass is 16.2. The summed E-state index contributed by atoms with van der Waals surface area (Å²) in [6.45, 7) is 4.12. The SMILES string of the molecule is CC(=O)NC1(C(=O)N(C)Cc2ccccc2C)CCCCC1. The lowest BCUT2D eigenvalue weighted by Crippen LogP contribution is -2.59. The van der Waals surface area contributed by atoms with Crippen LogP contribution in [0.2, 0.25) is 0 Å². The Hall–Kier alpha value is -1.84. The van der Waals surface area contributed by atoms with Crippen molar-refractivity contribution in [1.29, 1.82) is 0 Å². The molecule has 0 aliphatic heterocycles. The van der Waals surface area contributed by atoms with Gasteiger partial charge < -0.3 is 10.2 Å². The van der Waals surface area contributed by atoms with Crippen LogP contribution in [0.3, 0.4) is 0 Å². The second kappa shape index (κ2) is 6.95. The summed E-state index contributed by atoms with van der Waals surface area (Å²) < 4.78 is 0. The zero-order valence-electron chi connectivity index (χ0n) is 13.8. The number of amides is 2. The Balaban J connectivity index is 2.15. The van der Waals surface area contributed by atoms with E-state index in [9.17, 15) is 9.59 Å². The van der Waals surface area contributed by atoms with Crippen molar-refractivity contribution < 1.29 is 9.59 Å². The Bertz CT molecular complexity index is 548. The van der Waals surface area contributed by atoms with Crippen LogP contribution in [0.5, 0.6) is 0 Å². The van der Waals surface area contributed by atoms with E-state index >= 15 is 0 Å². The van der Waals surface area contributed by atoms with Crippen molar-refractivity contribution in [2.45, 2.75) is 58.0 Å². The van der Waals surface area contributed by atoms with Crippen LogP contribution in [0.4, 0.5) is 0 Å². The maximum Gasteiger partial charge on any atom is 0.248 e. The second-order valence-corrected chi connectivity index (χ2v) is 6.41. The maximum absolute atomic E-state index is 13.0. The fourth-order valence-electron chi connectivity index (χ4n) is 3.36. The Labute approximate surface area is 132 Å². The standard InChI is InChI=1S/C18H26N2O2/c1-14-9-5-6-10-16(14)13-20(3)17(22)18(19-15(2)21)11-7-4-8-12-18/h5-6,9-10H,4,7-8,11-13H2,1-3H3,(H,19,21). The third kappa shape index (κ3) is 3.67. The van der Waals surface area contributed by atoms with Crippen LogP contribution in [-0.4, -0.2) is 29.3 Å². The molecule has 0 saturated heterocycles. The zero-order chi connectivity index (χ0) is 16.2. The van der Waals surface area contributed by atoms with Gasteiger partial charge in [-0.25, -0.2) is 0 Å². The number of nitrogens with one attached hydrogen (secondary N) is 1. The number of rotatable bonds is 4. The number of aryl methyl sites for hydroxylation is 1. The molecule has 1 N–H and O–H groups in total. The van der Waals surface area contributed by atoms with Gasteiger partial charge in [-0.15, -0.1) is 0 Å². The lowest BCUT2D eigenvalue weighted by atomic mass is 9.80. The molecule has 0 bridgehead atoms. The smallest absolute Gasteiger partial charge is 0.248 e. The van der Waals surface area contributed by atoms with E-state index in [1.54, 1.807) is 4.90 Å². The molecule has 0 aromatic heterocycles. The molecule has 1 saturated carbocycles. The highest BCUT2D eigenvalue weighted by Crippen LogP contribution is 2.30. The van der Waals surface area contributed by atoms with Crippen LogP contribution in [-0.2, 0) is 16.1 Å². The molecule has 0 radical (unpaired) electrons. The number of likely N-dealkylation sites (N-methyl/N-ethyl adjacent to an activating group) is 1. The molecule has 120 valence electrons. The molecule has 0 spiro atoms. The predicted octanol–water partition coefficient (Wildman–Crippen LogP) is 2.79. The van der Waals surface area contributed by atoms with Gasteiger partial charge in [0.25, 0.3) is 0 Å². The van der Waals surface area contributed by atoms with E-state index < -0.39 is 5.54 Å². The molecule has 2 rings (SSSR count). The largest absolute Gasteiger partial charge is 0.342 e. The third-order valence-corrected chi connectivity index (χ3v) is 4.55. The van der Waals surface area contributed by atoms with E-state index in [4.69, 9.17) is 0 Å². The summed E-state index contributed by atoms with van der Waals surface area (Å²) in [7, 11) is 1.83. The minimum atomic E-state index is -0.707. The molecule has 1 aliphatic rings. The molecule has 22 heavy (non-hydrogen) atoms. The number of carbonyl (C=O) groups is 2. The fraction of sp³-hybridized carbons (Fsp3) is 0.556. The molecule has 0 unspecified atom stereocenters.